The zero-order chi connectivity index (χ0) is 17.9. The highest BCUT2D eigenvalue weighted by Crippen LogP contribution is 2.34. The van der Waals surface area contributed by atoms with E-state index >= 15 is 0 Å². The first-order chi connectivity index (χ1) is 11.9. The van der Waals surface area contributed by atoms with E-state index < -0.39 is 16.1 Å². The third-order valence-corrected chi connectivity index (χ3v) is 5.05. The number of nitrogens with zero attached hydrogens (tertiary/aromatic N) is 1. The van der Waals surface area contributed by atoms with Gasteiger partial charge in [-0.2, -0.15) is 0 Å². The fourth-order valence-electron chi connectivity index (χ4n) is 2.70. The summed E-state index contributed by atoms with van der Waals surface area (Å²) < 4.78 is 36.2. The number of rotatable bonds is 6. The van der Waals surface area contributed by atoms with Crippen LogP contribution in [-0.2, 0) is 21.2 Å². The van der Waals surface area contributed by atoms with Gasteiger partial charge in [-0.25, -0.2) is 8.42 Å². The molecule has 0 aliphatic carbocycles. The highest BCUT2D eigenvalue weighted by Gasteiger charge is 2.34. The molecule has 0 fully saturated rings. The van der Waals surface area contributed by atoms with Gasteiger partial charge in [0.15, 0.2) is 6.10 Å². The number of carbonyl (C=O) groups is 1. The number of para-hydroxylation sites is 2. The molecule has 8 heteroatoms. The molecular weight excluding hydrogens is 344 g/mol. The number of ether oxygens (including phenoxy) is 1. The van der Waals surface area contributed by atoms with Gasteiger partial charge in [-0.15, -0.1) is 0 Å². The van der Waals surface area contributed by atoms with Crippen LogP contribution in [0.5, 0.6) is 5.75 Å². The van der Waals surface area contributed by atoms with Crippen molar-refractivity contribution in [2.45, 2.75) is 18.9 Å². The van der Waals surface area contributed by atoms with Gasteiger partial charge in [0.2, 0.25) is 10.0 Å². The average Bonchev–Trinajstić information content (AvgIpc) is 3.10. The van der Waals surface area contributed by atoms with E-state index in [1.807, 2.05) is 12.1 Å². The fraction of sp³-hybridized carbons (Fsp3) is 0.353. The Labute approximate surface area is 146 Å². The van der Waals surface area contributed by atoms with Gasteiger partial charge >= 0.3 is 0 Å². The number of furan rings is 1. The molecule has 0 bridgehead atoms. The quantitative estimate of drug-likeness (QED) is 0.786. The Balaban J connectivity index is 1.61. The monoisotopic (exact) mass is 364 g/mol. The molecule has 1 amide bonds. The summed E-state index contributed by atoms with van der Waals surface area (Å²) >= 11 is 0. The maximum Gasteiger partial charge on any atom is 0.263 e. The van der Waals surface area contributed by atoms with E-state index in [9.17, 15) is 13.2 Å². The van der Waals surface area contributed by atoms with E-state index in [1.54, 1.807) is 30.5 Å². The summed E-state index contributed by atoms with van der Waals surface area (Å²) in [5.41, 5.74) is 0.451. The predicted molar refractivity (Wildman–Crippen MR) is 93.1 cm³/mol. The molecule has 1 aliphatic rings. The highest BCUT2D eigenvalue weighted by molar-refractivity contribution is 7.92. The number of aryl methyl sites for hydroxylation is 1. The van der Waals surface area contributed by atoms with Crippen LogP contribution in [0.3, 0.4) is 0 Å². The number of nitrogens with one attached hydrogen (secondary N) is 1. The SMILES string of the molecule is CS(=O)(=O)N1CC(C(=O)NCCCc2ccco2)Oc2ccccc21. The van der Waals surface area contributed by atoms with Crippen LogP contribution in [0.2, 0.25) is 0 Å². The third-order valence-electron chi connectivity index (χ3n) is 3.91. The summed E-state index contributed by atoms with van der Waals surface area (Å²) in [6.07, 6.45) is 3.29. The summed E-state index contributed by atoms with van der Waals surface area (Å²) in [4.78, 5) is 12.4. The van der Waals surface area contributed by atoms with Crippen LogP contribution in [0, 0.1) is 0 Å². The van der Waals surface area contributed by atoms with E-state index in [1.165, 1.54) is 4.31 Å². The standard InChI is InChI=1S/C17H20N2O5S/c1-25(21,22)19-12-16(24-15-9-3-2-8-14(15)19)17(20)18-10-4-6-13-7-5-11-23-13/h2-3,5,7-9,11,16H,4,6,10,12H2,1H3,(H,18,20). The lowest BCUT2D eigenvalue weighted by molar-refractivity contribution is -0.127. The molecule has 0 saturated heterocycles. The topological polar surface area (TPSA) is 88.9 Å². The highest BCUT2D eigenvalue weighted by atomic mass is 32.2. The molecule has 1 unspecified atom stereocenters. The summed E-state index contributed by atoms with van der Waals surface area (Å²) in [5.74, 6) is 0.915. The maximum absolute atomic E-state index is 12.4. The molecule has 1 atom stereocenters. The van der Waals surface area contributed by atoms with E-state index in [4.69, 9.17) is 9.15 Å². The Morgan fingerprint density at radius 1 is 1.28 bits per heavy atom. The van der Waals surface area contributed by atoms with E-state index in [2.05, 4.69) is 5.32 Å². The van der Waals surface area contributed by atoms with Crippen molar-refractivity contribution in [1.82, 2.24) is 5.32 Å². The Morgan fingerprint density at radius 2 is 2.08 bits per heavy atom. The number of hydrogen-bond acceptors (Lipinski definition) is 5. The molecule has 7 nitrogen and oxygen atoms in total. The van der Waals surface area contributed by atoms with Crippen molar-refractivity contribution in [1.29, 1.82) is 0 Å². The Bertz CT molecular complexity index is 832. The molecule has 25 heavy (non-hydrogen) atoms. The van der Waals surface area contributed by atoms with Gasteiger partial charge < -0.3 is 14.5 Å². The van der Waals surface area contributed by atoms with Gasteiger partial charge in [0.25, 0.3) is 5.91 Å². The minimum atomic E-state index is -3.50. The van der Waals surface area contributed by atoms with E-state index in [0.29, 0.717) is 18.0 Å². The van der Waals surface area contributed by atoms with Crippen LogP contribution in [0.25, 0.3) is 0 Å². The molecule has 0 spiro atoms. The summed E-state index contributed by atoms with van der Waals surface area (Å²) in [6, 6.07) is 10.5. The molecule has 3 rings (SSSR count). The van der Waals surface area contributed by atoms with Crippen molar-refractivity contribution < 1.29 is 22.4 Å². The predicted octanol–water partition coefficient (Wildman–Crippen LogP) is 1.56. The first-order valence-electron chi connectivity index (χ1n) is 7.98. The third kappa shape index (κ3) is 4.14. The number of carbonyl (C=O) groups excluding carboxylic acids is 1. The van der Waals surface area contributed by atoms with Crippen LogP contribution in [0.15, 0.2) is 47.1 Å². The normalized spacial score (nSPS) is 16.8. The number of amides is 1. The van der Waals surface area contributed by atoms with Crippen molar-refractivity contribution in [2.75, 3.05) is 23.7 Å². The van der Waals surface area contributed by atoms with Crippen LogP contribution in [-0.4, -0.2) is 39.8 Å². The van der Waals surface area contributed by atoms with Gasteiger partial charge in [0.1, 0.15) is 11.5 Å². The second-order valence-electron chi connectivity index (χ2n) is 5.84. The minimum absolute atomic E-state index is 0.0418. The molecule has 0 radical (unpaired) electrons. The second kappa shape index (κ2) is 7.18. The molecule has 0 saturated carbocycles. The fourth-order valence-corrected chi connectivity index (χ4v) is 3.61. The summed E-state index contributed by atoms with van der Waals surface area (Å²) in [5, 5.41) is 2.79. The first-order valence-corrected chi connectivity index (χ1v) is 9.83. The molecule has 1 N–H and O–H groups in total. The number of fused-ring (bicyclic) bond motifs is 1. The Morgan fingerprint density at radius 3 is 2.80 bits per heavy atom. The molecular formula is C17H20N2O5S. The molecule has 2 heterocycles. The number of hydrogen-bond donors (Lipinski definition) is 1. The molecule has 1 aliphatic heterocycles. The van der Waals surface area contributed by atoms with Gasteiger partial charge in [-0.3, -0.25) is 9.10 Å². The van der Waals surface area contributed by atoms with Gasteiger partial charge in [0.05, 0.1) is 24.8 Å². The van der Waals surface area contributed by atoms with Gasteiger partial charge in [0, 0.05) is 13.0 Å². The van der Waals surface area contributed by atoms with Crippen molar-refractivity contribution in [2.24, 2.45) is 0 Å². The maximum atomic E-state index is 12.4. The largest absolute Gasteiger partial charge is 0.476 e. The summed E-state index contributed by atoms with van der Waals surface area (Å²) in [6.45, 7) is 0.416. The van der Waals surface area contributed by atoms with Crippen LogP contribution < -0.4 is 14.4 Å². The molecule has 134 valence electrons. The lowest BCUT2D eigenvalue weighted by Gasteiger charge is -2.33. The van der Waals surface area contributed by atoms with E-state index in [0.717, 1.165) is 24.9 Å². The smallest absolute Gasteiger partial charge is 0.263 e. The lowest BCUT2D eigenvalue weighted by Crippen LogP contribution is -2.50. The molecule has 2 aromatic rings. The lowest BCUT2D eigenvalue weighted by atomic mass is 10.2. The van der Waals surface area contributed by atoms with Crippen LogP contribution in [0.4, 0.5) is 5.69 Å². The van der Waals surface area contributed by atoms with Crippen LogP contribution >= 0.6 is 0 Å². The van der Waals surface area contributed by atoms with Gasteiger partial charge in [-0.05, 0) is 30.7 Å². The summed E-state index contributed by atoms with van der Waals surface area (Å²) in [7, 11) is -3.50. The van der Waals surface area contributed by atoms with Crippen molar-refractivity contribution in [3.05, 3.63) is 48.4 Å². The number of benzene rings is 1. The zero-order valence-electron chi connectivity index (χ0n) is 13.8. The second-order valence-corrected chi connectivity index (χ2v) is 7.75. The van der Waals surface area contributed by atoms with Crippen molar-refractivity contribution in [3.8, 4) is 5.75 Å². The minimum Gasteiger partial charge on any atom is -0.476 e. The average molecular weight is 364 g/mol. The van der Waals surface area contributed by atoms with Gasteiger partial charge in [-0.1, -0.05) is 12.1 Å². The first kappa shape index (κ1) is 17.3. The molecule has 1 aromatic carbocycles. The van der Waals surface area contributed by atoms with Crippen molar-refractivity contribution >= 4 is 21.6 Å². The molecule has 1 aromatic heterocycles. The number of anilines is 1. The van der Waals surface area contributed by atoms with Crippen LogP contribution in [0.1, 0.15) is 12.2 Å². The number of sulfonamides is 1. The van der Waals surface area contributed by atoms with Crippen molar-refractivity contribution in [3.63, 3.8) is 0 Å². The zero-order valence-corrected chi connectivity index (χ0v) is 14.7. The Hall–Kier alpha value is -2.48. The Kier molecular flexibility index (Phi) is 4.98. The van der Waals surface area contributed by atoms with E-state index in [-0.39, 0.29) is 12.5 Å².